The second kappa shape index (κ2) is 6.71. The normalized spacial score (nSPS) is 30.8. The van der Waals surface area contributed by atoms with Crippen LogP contribution in [0.1, 0.15) is 58.3 Å². The number of carbonyl (C=O) groups excluding carboxylic acids is 1. The molecule has 0 aromatic carbocycles. The molecular weight excluding hydrogens is 240 g/mol. The fourth-order valence-corrected chi connectivity index (χ4v) is 3.16. The molecule has 1 saturated heterocycles. The highest BCUT2D eigenvalue weighted by Crippen LogP contribution is 2.27. The van der Waals surface area contributed by atoms with Gasteiger partial charge >= 0.3 is 0 Å². The third kappa shape index (κ3) is 4.77. The Bertz CT molecular complexity index is 293. The molecule has 0 aromatic heterocycles. The average Bonchev–Trinajstić information content (AvgIpc) is 2.38. The molecule has 1 aliphatic heterocycles. The molecule has 2 fully saturated rings. The number of amides is 1. The lowest BCUT2D eigenvalue weighted by molar-refractivity contribution is -0.124. The molecule has 4 heteroatoms. The van der Waals surface area contributed by atoms with E-state index in [1.807, 2.05) is 0 Å². The molecule has 0 atom stereocenters. The van der Waals surface area contributed by atoms with Gasteiger partial charge in [0, 0.05) is 31.2 Å². The molecule has 110 valence electrons. The van der Waals surface area contributed by atoms with Crippen molar-refractivity contribution in [2.45, 2.75) is 69.9 Å². The molecule has 0 unspecified atom stereocenters. The Balaban J connectivity index is 1.66. The summed E-state index contributed by atoms with van der Waals surface area (Å²) in [6, 6.07) is 0.395. The highest BCUT2D eigenvalue weighted by molar-refractivity contribution is 5.76. The minimum Gasteiger partial charge on any atom is -0.381 e. The highest BCUT2D eigenvalue weighted by Gasteiger charge is 2.29. The Morgan fingerprint density at radius 1 is 1.26 bits per heavy atom. The summed E-state index contributed by atoms with van der Waals surface area (Å²) in [4.78, 5) is 12.0. The van der Waals surface area contributed by atoms with Gasteiger partial charge in [-0.15, -0.1) is 0 Å². The van der Waals surface area contributed by atoms with Crippen LogP contribution in [0.15, 0.2) is 0 Å². The molecule has 0 bridgehead atoms. The molecule has 1 aliphatic carbocycles. The van der Waals surface area contributed by atoms with E-state index in [2.05, 4.69) is 12.2 Å². The maximum atomic E-state index is 12.0. The van der Waals surface area contributed by atoms with Crippen LogP contribution in [0.3, 0.4) is 0 Å². The molecule has 2 aliphatic rings. The number of nitrogens with one attached hydrogen (secondary N) is 1. The van der Waals surface area contributed by atoms with E-state index >= 15 is 0 Å². The van der Waals surface area contributed by atoms with Gasteiger partial charge in [-0.25, -0.2) is 0 Å². The maximum Gasteiger partial charge on any atom is 0.220 e. The quantitative estimate of drug-likeness (QED) is 0.819. The van der Waals surface area contributed by atoms with Crippen LogP contribution >= 0.6 is 0 Å². The van der Waals surface area contributed by atoms with Crippen LogP contribution in [0.2, 0.25) is 0 Å². The van der Waals surface area contributed by atoms with Crippen molar-refractivity contribution in [2.24, 2.45) is 11.7 Å². The molecule has 1 amide bonds. The minimum absolute atomic E-state index is 0.0513. The van der Waals surface area contributed by atoms with Crippen LogP contribution in [-0.4, -0.2) is 30.7 Å². The van der Waals surface area contributed by atoms with Crippen LogP contribution in [0, 0.1) is 5.92 Å². The molecule has 1 saturated carbocycles. The van der Waals surface area contributed by atoms with Crippen molar-refractivity contribution in [3.63, 3.8) is 0 Å². The van der Waals surface area contributed by atoms with Crippen molar-refractivity contribution in [1.29, 1.82) is 0 Å². The molecule has 3 N–H and O–H groups in total. The molecule has 1 heterocycles. The molecule has 0 aromatic rings. The Kier molecular flexibility index (Phi) is 5.22. The van der Waals surface area contributed by atoms with E-state index in [4.69, 9.17) is 10.5 Å². The lowest BCUT2D eigenvalue weighted by atomic mass is 9.83. The van der Waals surface area contributed by atoms with Crippen molar-refractivity contribution in [2.75, 3.05) is 13.2 Å². The third-order valence-corrected chi connectivity index (χ3v) is 4.71. The summed E-state index contributed by atoms with van der Waals surface area (Å²) in [6.45, 7) is 3.65. The lowest BCUT2D eigenvalue weighted by Crippen LogP contribution is -2.49. The van der Waals surface area contributed by atoms with Crippen LogP contribution in [0.5, 0.6) is 0 Å². The zero-order valence-corrected chi connectivity index (χ0v) is 12.1. The number of rotatable bonds is 4. The monoisotopic (exact) mass is 268 g/mol. The van der Waals surface area contributed by atoms with E-state index in [0.29, 0.717) is 18.4 Å². The fourth-order valence-electron chi connectivity index (χ4n) is 3.16. The molecular formula is C15H28N2O2. The van der Waals surface area contributed by atoms with Gasteiger partial charge in [-0.2, -0.15) is 0 Å². The van der Waals surface area contributed by atoms with Gasteiger partial charge in [0.15, 0.2) is 0 Å². The summed E-state index contributed by atoms with van der Waals surface area (Å²) in [7, 11) is 0. The average molecular weight is 268 g/mol. The Hall–Kier alpha value is -0.610. The SMILES string of the molecule is CC1(NC(=O)CCC2CCC(N)CC2)CCOCC1. The first-order chi connectivity index (χ1) is 9.07. The van der Waals surface area contributed by atoms with Gasteiger partial charge in [0.2, 0.25) is 5.91 Å². The minimum atomic E-state index is -0.0513. The van der Waals surface area contributed by atoms with E-state index in [1.54, 1.807) is 0 Å². The fraction of sp³-hybridized carbons (Fsp3) is 0.933. The first-order valence-corrected chi connectivity index (χ1v) is 7.72. The van der Waals surface area contributed by atoms with Gasteiger partial charge in [-0.1, -0.05) is 0 Å². The molecule has 0 radical (unpaired) electrons. The summed E-state index contributed by atoms with van der Waals surface area (Å²) in [6.07, 6.45) is 8.18. The summed E-state index contributed by atoms with van der Waals surface area (Å²) in [5.74, 6) is 0.910. The van der Waals surface area contributed by atoms with Crippen molar-refractivity contribution < 1.29 is 9.53 Å². The van der Waals surface area contributed by atoms with Gasteiger partial charge < -0.3 is 15.8 Å². The van der Waals surface area contributed by atoms with Crippen LogP contribution in [0.25, 0.3) is 0 Å². The van der Waals surface area contributed by atoms with E-state index in [1.165, 1.54) is 12.8 Å². The highest BCUT2D eigenvalue weighted by atomic mass is 16.5. The van der Waals surface area contributed by atoms with Crippen molar-refractivity contribution in [3.8, 4) is 0 Å². The topological polar surface area (TPSA) is 64.4 Å². The Morgan fingerprint density at radius 3 is 2.53 bits per heavy atom. The van der Waals surface area contributed by atoms with Gasteiger partial charge in [0.1, 0.15) is 0 Å². The maximum absolute atomic E-state index is 12.0. The van der Waals surface area contributed by atoms with Crippen LogP contribution < -0.4 is 11.1 Å². The summed E-state index contributed by atoms with van der Waals surface area (Å²) in [5, 5.41) is 3.20. The first-order valence-electron chi connectivity index (χ1n) is 7.72. The van der Waals surface area contributed by atoms with Crippen molar-refractivity contribution in [3.05, 3.63) is 0 Å². The predicted octanol–water partition coefficient (Wildman–Crippen LogP) is 1.97. The molecule has 2 rings (SSSR count). The van der Waals surface area contributed by atoms with Crippen molar-refractivity contribution in [1.82, 2.24) is 5.32 Å². The third-order valence-electron chi connectivity index (χ3n) is 4.71. The standard InChI is InChI=1S/C15H28N2O2/c1-15(8-10-19-11-9-15)17-14(18)7-4-12-2-5-13(16)6-3-12/h12-13H,2-11,16H2,1H3,(H,17,18). The molecule has 4 nitrogen and oxygen atoms in total. The number of hydrogen-bond donors (Lipinski definition) is 2. The van der Waals surface area contributed by atoms with Gasteiger partial charge in [-0.05, 0) is 57.8 Å². The van der Waals surface area contributed by atoms with E-state index < -0.39 is 0 Å². The smallest absolute Gasteiger partial charge is 0.220 e. The zero-order valence-electron chi connectivity index (χ0n) is 12.1. The first kappa shape index (κ1) is 14.8. The van der Waals surface area contributed by atoms with Crippen molar-refractivity contribution >= 4 is 5.91 Å². The lowest BCUT2D eigenvalue weighted by Gasteiger charge is -2.34. The van der Waals surface area contributed by atoms with Gasteiger partial charge in [0.25, 0.3) is 0 Å². The summed E-state index contributed by atoms with van der Waals surface area (Å²) >= 11 is 0. The second-order valence-electron chi connectivity index (χ2n) is 6.54. The largest absolute Gasteiger partial charge is 0.381 e. The number of ether oxygens (including phenoxy) is 1. The zero-order chi connectivity index (χ0) is 13.7. The van der Waals surface area contributed by atoms with Crippen LogP contribution in [-0.2, 0) is 9.53 Å². The van der Waals surface area contributed by atoms with Gasteiger partial charge in [-0.3, -0.25) is 4.79 Å². The summed E-state index contributed by atoms with van der Waals surface area (Å²) < 4.78 is 5.35. The van der Waals surface area contributed by atoms with E-state index in [-0.39, 0.29) is 11.4 Å². The van der Waals surface area contributed by atoms with E-state index in [0.717, 1.165) is 45.3 Å². The number of carbonyl (C=O) groups is 1. The Morgan fingerprint density at radius 2 is 1.89 bits per heavy atom. The molecule has 0 spiro atoms. The number of nitrogens with two attached hydrogens (primary N) is 1. The predicted molar refractivity (Wildman–Crippen MR) is 75.8 cm³/mol. The second-order valence-corrected chi connectivity index (χ2v) is 6.54. The van der Waals surface area contributed by atoms with Crippen LogP contribution in [0.4, 0.5) is 0 Å². The number of hydrogen-bond acceptors (Lipinski definition) is 3. The molecule has 19 heavy (non-hydrogen) atoms. The van der Waals surface area contributed by atoms with E-state index in [9.17, 15) is 4.79 Å². The van der Waals surface area contributed by atoms with Gasteiger partial charge in [0.05, 0.1) is 0 Å². The Labute approximate surface area is 116 Å². The summed E-state index contributed by atoms with van der Waals surface area (Å²) in [5.41, 5.74) is 5.85.